The molecule has 0 saturated carbocycles. The maximum atomic E-state index is 12.1. The van der Waals surface area contributed by atoms with Gasteiger partial charge in [0.1, 0.15) is 11.3 Å². The van der Waals surface area contributed by atoms with Crippen molar-refractivity contribution in [2.45, 2.75) is 19.8 Å². The lowest BCUT2D eigenvalue weighted by Crippen LogP contribution is -2.09. The molecule has 0 heterocycles. The van der Waals surface area contributed by atoms with E-state index in [1.54, 1.807) is 18.2 Å². The molecule has 1 N–H and O–H groups in total. The molecule has 4 nitrogen and oxygen atoms in total. The zero-order valence-electron chi connectivity index (χ0n) is 12.1. The van der Waals surface area contributed by atoms with Crippen molar-refractivity contribution >= 4 is 5.97 Å². The Morgan fingerprint density at radius 3 is 2.57 bits per heavy atom. The number of aryl methyl sites for hydroxylation is 1. The second-order valence-corrected chi connectivity index (χ2v) is 4.64. The van der Waals surface area contributed by atoms with Crippen LogP contribution >= 0.6 is 0 Å². The van der Waals surface area contributed by atoms with Crippen LogP contribution in [0.2, 0.25) is 0 Å². The van der Waals surface area contributed by atoms with Gasteiger partial charge in [0.2, 0.25) is 0 Å². The summed E-state index contributed by atoms with van der Waals surface area (Å²) in [5, 5.41) is 9.67. The Balaban J connectivity index is 2.23. The molecule has 0 aliphatic heterocycles. The van der Waals surface area contributed by atoms with Crippen LogP contribution in [0.5, 0.6) is 17.2 Å². The predicted octanol–water partition coefficient (Wildman–Crippen LogP) is 3.57. The fourth-order valence-corrected chi connectivity index (χ4v) is 2.04. The number of benzene rings is 2. The highest BCUT2D eigenvalue weighted by Gasteiger charge is 2.15. The van der Waals surface area contributed by atoms with Crippen LogP contribution in [0.15, 0.2) is 42.5 Å². The molecule has 0 amide bonds. The maximum absolute atomic E-state index is 12.1. The molecule has 4 heteroatoms. The van der Waals surface area contributed by atoms with E-state index in [0.717, 1.165) is 18.4 Å². The average Bonchev–Trinajstić information content (AvgIpc) is 2.49. The first-order valence-electron chi connectivity index (χ1n) is 6.82. The minimum Gasteiger partial charge on any atom is -0.507 e. The molecular formula is C17H18O4. The van der Waals surface area contributed by atoms with Gasteiger partial charge >= 0.3 is 5.97 Å². The Bertz CT molecular complexity index is 634. The van der Waals surface area contributed by atoms with Crippen LogP contribution < -0.4 is 9.47 Å². The van der Waals surface area contributed by atoms with E-state index in [0.29, 0.717) is 11.5 Å². The van der Waals surface area contributed by atoms with Crippen molar-refractivity contribution in [1.82, 2.24) is 0 Å². The van der Waals surface area contributed by atoms with Gasteiger partial charge in [-0.25, -0.2) is 4.79 Å². The predicted molar refractivity (Wildman–Crippen MR) is 80.1 cm³/mol. The number of hydrogen-bond donors (Lipinski definition) is 1. The average molecular weight is 286 g/mol. The lowest BCUT2D eigenvalue weighted by atomic mass is 10.1. The van der Waals surface area contributed by atoms with Gasteiger partial charge in [-0.1, -0.05) is 31.5 Å². The van der Waals surface area contributed by atoms with Crippen molar-refractivity contribution < 1.29 is 19.4 Å². The Labute approximate surface area is 123 Å². The molecule has 21 heavy (non-hydrogen) atoms. The molecule has 0 aliphatic carbocycles. The van der Waals surface area contributed by atoms with Gasteiger partial charge < -0.3 is 14.6 Å². The van der Waals surface area contributed by atoms with Crippen molar-refractivity contribution in [3.63, 3.8) is 0 Å². The first-order chi connectivity index (χ1) is 10.2. The van der Waals surface area contributed by atoms with Gasteiger partial charge in [-0.15, -0.1) is 0 Å². The fourth-order valence-electron chi connectivity index (χ4n) is 2.04. The minimum atomic E-state index is -0.616. The maximum Gasteiger partial charge on any atom is 0.347 e. The molecule has 2 aromatic rings. The molecule has 2 rings (SSSR count). The number of carbonyl (C=O) groups excluding carboxylic acids is 1. The summed E-state index contributed by atoms with van der Waals surface area (Å²) in [4.78, 5) is 12.1. The molecular weight excluding hydrogens is 268 g/mol. The van der Waals surface area contributed by atoms with Gasteiger partial charge in [0, 0.05) is 0 Å². The van der Waals surface area contributed by atoms with Gasteiger partial charge in [-0.3, -0.25) is 0 Å². The van der Waals surface area contributed by atoms with Crippen LogP contribution in [0.3, 0.4) is 0 Å². The summed E-state index contributed by atoms with van der Waals surface area (Å²) in [6, 6.07) is 11.7. The Morgan fingerprint density at radius 1 is 1.14 bits per heavy atom. The van der Waals surface area contributed by atoms with E-state index in [9.17, 15) is 9.90 Å². The monoisotopic (exact) mass is 286 g/mol. The molecule has 110 valence electrons. The van der Waals surface area contributed by atoms with Crippen molar-refractivity contribution in [1.29, 1.82) is 0 Å². The van der Waals surface area contributed by atoms with Crippen LogP contribution in [0.4, 0.5) is 0 Å². The molecule has 2 aromatic carbocycles. The van der Waals surface area contributed by atoms with Gasteiger partial charge in [0.25, 0.3) is 0 Å². The van der Waals surface area contributed by atoms with Crippen LogP contribution in [0.1, 0.15) is 29.3 Å². The molecule has 0 bridgehead atoms. The number of esters is 1. The highest BCUT2D eigenvalue weighted by atomic mass is 16.6. The number of hydrogen-bond acceptors (Lipinski definition) is 4. The molecule has 0 aliphatic rings. The normalized spacial score (nSPS) is 10.2. The minimum absolute atomic E-state index is 0.107. The van der Waals surface area contributed by atoms with Crippen LogP contribution in [0.25, 0.3) is 0 Å². The standard InChI is InChI=1S/C17H18O4/c1-3-6-12-9-10-15(16(11-12)20-2)21-17(19)13-7-4-5-8-14(13)18/h4-5,7-11,18H,3,6H2,1-2H3. The van der Waals surface area contributed by atoms with Gasteiger partial charge in [-0.2, -0.15) is 0 Å². The third-order valence-electron chi connectivity index (χ3n) is 3.09. The largest absolute Gasteiger partial charge is 0.507 e. The zero-order valence-corrected chi connectivity index (χ0v) is 12.1. The molecule has 0 radical (unpaired) electrons. The summed E-state index contributed by atoms with van der Waals surface area (Å²) in [5.74, 6) is 0.119. The van der Waals surface area contributed by atoms with E-state index in [1.807, 2.05) is 12.1 Å². The SMILES string of the molecule is CCCc1ccc(OC(=O)c2ccccc2O)c(OC)c1. The molecule has 0 aromatic heterocycles. The number of phenolic OH excluding ortho intramolecular Hbond substituents is 1. The topological polar surface area (TPSA) is 55.8 Å². The number of aromatic hydroxyl groups is 1. The Hall–Kier alpha value is -2.49. The summed E-state index contributed by atoms with van der Waals surface area (Å²) >= 11 is 0. The van der Waals surface area contributed by atoms with Gasteiger partial charge in [-0.05, 0) is 36.2 Å². The van der Waals surface area contributed by atoms with E-state index < -0.39 is 5.97 Å². The second kappa shape index (κ2) is 6.79. The highest BCUT2D eigenvalue weighted by molar-refractivity contribution is 5.94. The lowest BCUT2D eigenvalue weighted by Gasteiger charge is -2.11. The van der Waals surface area contributed by atoms with Crippen molar-refractivity contribution in [2.75, 3.05) is 7.11 Å². The number of rotatable bonds is 5. The smallest absolute Gasteiger partial charge is 0.347 e. The molecule has 0 unspecified atom stereocenters. The fraction of sp³-hybridized carbons (Fsp3) is 0.235. The summed E-state index contributed by atoms with van der Waals surface area (Å²) in [7, 11) is 1.53. The Kier molecular flexibility index (Phi) is 4.82. The van der Waals surface area contributed by atoms with Crippen molar-refractivity contribution in [3.8, 4) is 17.2 Å². The third-order valence-corrected chi connectivity index (χ3v) is 3.09. The van der Waals surface area contributed by atoms with Crippen LogP contribution in [-0.2, 0) is 6.42 Å². The highest BCUT2D eigenvalue weighted by Crippen LogP contribution is 2.30. The number of para-hydroxylation sites is 1. The van der Waals surface area contributed by atoms with E-state index >= 15 is 0 Å². The van der Waals surface area contributed by atoms with E-state index in [-0.39, 0.29) is 11.3 Å². The van der Waals surface area contributed by atoms with Crippen molar-refractivity contribution in [3.05, 3.63) is 53.6 Å². The summed E-state index contributed by atoms with van der Waals surface area (Å²) < 4.78 is 10.6. The quantitative estimate of drug-likeness (QED) is 0.674. The molecule has 0 atom stereocenters. The van der Waals surface area contributed by atoms with Gasteiger partial charge in [0.15, 0.2) is 11.5 Å². The zero-order chi connectivity index (χ0) is 15.2. The van der Waals surface area contributed by atoms with E-state index in [1.165, 1.54) is 19.2 Å². The van der Waals surface area contributed by atoms with Crippen molar-refractivity contribution in [2.24, 2.45) is 0 Å². The second-order valence-electron chi connectivity index (χ2n) is 4.64. The van der Waals surface area contributed by atoms with E-state index in [2.05, 4.69) is 6.92 Å². The number of ether oxygens (including phenoxy) is 2. The first-order valence-corrected chi connectivity index (χ1v) is 6.82. The molecule has 0 saturated heterocycles. The summed E-state index contributed by atoms with van der Waals surface area (Å²) in [6.45, 7) is 2.10. The lowest BCUT2D eigenvalue weighted by molar-refractivity contribution is 0.0726. The number of phenols is 1. The first kappa shape index (κ1) is 14.9. The van der Waals surface area contributed by atoms with Crippen LogP contribution in [-0.4, -0.2) is 18.2 Å². The third kappa shape index (κ3) is 3.54. The number of carbonyl (C=O) groups is 1. The van der Waals surface area contributed by atoms with E-state index in [4.69, 9.17) is 9.47 Å². The number of methoxy groups -OCH3 is 1. The molecule has 0 spiro atoms. The summed E-state index contributed by atoms with van der Waals surface area (Å²) in [5.41, 5.74) is 1.24. The Morgan fingerprint density at radius 2 is 1.90 bits per heavy atom. The summed E-state index contributed by atoms with van der Waals surface area (Å²) in [6.07, 6.45) is 1.96. The van der Waals surface area contributed by atoms with Crippen LogP contribution in [0, 0.1) is 0 Å². The molecule has 0 fully saturated rings. The van der Waals surface area contributed by atoms with Gasteiger partial charge in [0.05, 0.1) is 7.11 Å².